The third-order valence-electron chi connectivity index (χ3n) is 5.37. The van der Waals surface area contributed by atoms with Crippen molar-refractivity contribution in [3.63, 3.8) is 0 Å². The van der Waals surface area contributed by atoms with Crippen molar-refractivity contribution in [1.82, 2.24) is 10.2 Å². The van der Waals surface area contributed by atoms with Crippen LogP contribution in [0.25, 0.3) is 0 Å². The van der Waals surface area contributed by atoms with Gasteiger partial charge in [0.1, 0.15) is 0 Å². The Bertz CT molecular complexity index is 599. The average molecular weight is 328 g/mol. The minimum Gasteiger partial charge on any atom is -0.352 e. The van der Waals surface area contributed by atoms with Gasteiger partial charge in [0.25, 0.3) is 0 Å². The Balaban J connectivity index is 1.52. The summed E-state index contributed by atoms with van der Waals surface area (Å²) in [5, 5.41) is 3.04. The minimum atomic E-state index is 0.0817. The van der Waals surface area contributed by atoms with E-state index < -0.39 is 0 Å². The molecule has 130 valence electrons. The van der Waals surface area contributed by atoms with Crippen LogP contribution in [0.3, 0.4) is 0 Å². The number of nitrogens with zero attached hydrogens (tertiary/aromatic N) is 1. The maximum Gasteiger partial charge on any atom is 0.222 e. The second-order valence-electron chi connectivity index (χ2n) is 7.18. The topological polar surface area (TPSA) is 49.4 Å². The van der Waals surface area contributed by atoms with Crippen LogP contribution >= 0.6 is 0 Å². The van der Waals surface area contributed by atoms with Crippen molar-refractivity contribution < 1.29 is 9.59 Å². The van der Waals surface area contributed by atoms with Gasteiger partial charge in [-0.1, -0.05) is 31.2 Å². The molecule has 2 amide bonds. The lowest BCUT2D eigenvalue weighted by molar-refractivity contribution is -0.134. The first kappa shape index (κ1) is 17.0. The molecule has 3 rings (SSSR count). The Hall–Kier alpha value is -1.84. The highest BCUT2D eigenvalue weighted by molar-refractivity contribution is 5.78. The molecule has 24 heavy (non-hydrogen) atoms. The van der Waals surface area contributed by atoms with Crippen molar-refractivity contribution in [3.8, 4) is 0 Å². The predicted octanol–water partition coefficient (Wildman–Crippen LogP) is 2.70. The van der Waals surface area contributed by atoms with Crippen LogP contribution in [0.4, 0.5) is 0 Å². The molecule has 0 unspecified atom stereocenters. The zero-order valence-corrected chi connectivity index (χ0v) is 14.6. The molecular weight excluding hydrogens is 300 g/mol. The molecule has 2 atom stereocenters. The van der Waals surface area contributed by atoms with E-state index >= 15 is 0 Å². The second-order valence-corrected chi connectivity index (χ2v) is 7.18. The van der Waals surface area contributed by atoms with Crippen LogP contribution < -0.4 is 5.32 Å². The van der Waals surface area contributed by atoms with E-state index in [1.165, 1.54) is 11.1 Å². The number of carbonyl (C=O) groups excluding carboxylic acids is 2. The Morgan fingerprint density at radius 3 is 2.79 bits per heavy atom. The van der Waals surface area contributed by atoms with Crippen LogP contribution in [0.2, 0.25) is 0 Å². The first-order valence-corrected chi connectivity index (χ1v) is 9.29. The summed E-state index contributed by atoms with van der Waals surface area (Å²) >= 11 is 0. The van der Waals surface area contributed by atoms with E-state index in [0.29, 0.717) is 25.3 Å². The number of hydrogen-bond donors (Lipinski definition) is 1. The lowest BCUT2D eigenvalue weighted by Crippen LogP contribution is -2.49. The van der Waals surface area contributed by atoms with Crippen LogP contribution in [-0.4, -0.2) is 35.8 Å². The molecule has 4 nitrogen and oxygen atoms in total. The molecule has 1 aromatic carbocycles. The highest BCUT2D eigenvalue weighted by Gasteiger charge is 2.27. The van der Waals surface area contributed by atoms with Gasteiger partial charge in [0.15, 0.2) is 0 Å². The Labute approximate surface area is 144 Å². The molecule has 0 saturated carbocycles. The molecule has 2 aliphatic rings. The maximum absolute atomic E-state index is 12.7. The molecule has 0 bridgehead atoms. The Morgan fingerprint density at radius 2 is 2.00 bits per heavy atom. The highest BCUT2D eigenvalue weighted by atomic mass is 16.2. The number of benzene rings is 1. The van der Waals surface area contributed by atoms with Crippen LogP contribution in [0.15, 0.2) is 24.3 Å². The van der Waals surface area contributed by atoms with Gasteiger partial charge in [-0.25, -0.2) is 0 Å². The fourth-order valence-corrected chi connectivity index (χ4v) is 3.97. The number of rotatable bonds is 4. The van der Waals surface area contributed by atoms with Crippen molar-refractivity contribution in [1.29, 1.82) is 0 Å². The monoisotopic (exact) mass is 328 g/mol. The minimum absolute atomic E-state index is 0.0817. The number of hydrogen-bond acceptors (Lipinski definition) is 2. The van der Waals surface area contributed by atoms with E-state index in [1.54, 1.807) is 0 Å². The molecular formula is C20H28N2O2. The predicted molar refractivity (Wildman–Crippen MR) is 94.6 cm³/mol. The molecule has 1 heterocycles. The zero-order valence-electron chi connectivity index (χ0n) is 14.6. The Kier molecular flexibility index (Phi) is 5.54. The number of likely N-dealkylation sites (tertiary alicyclic amines) is 1. The van der Waals surface area contributed by atoms with Crippen molar-refractivity contribution >= 4 is 11.8 Å². The van der Waals surface area contributed by atoms with Crippen molar-refractivity contribution in [2.75, 3.05) is 13.1 Å². The van der Waals surface area contributed by atoms with Gasteiger partial charge in [-0.05, 0) is 49.1 Å². The largest absolute Gasteiger partial charge is 0.352 e. The number of amides is 2. The van der Waals surface area contributed by atoms with E-state index in [2.05, 4.69) is 29.6 Å². The molecule has 1 aliphatic heterocycles. The number of aryl methyl sites for hydroxylation is 1. The van der Waals surface area contributed by atoms with E-state index in [9.17, 15) is 9.59 Å². The standard InChI is InChI=1S/C20H28N2O2/c1-2-19(23)21-18-8-5-11-22(14-18)20(24)13-15-9-10-16-6-3-4-7-17(16)12-15/h3-4,6-7,15,18H,2,5,8-14H2,1H3,(H,21,23)/t15-,18+/m1/s1. The summed E-state index contributed by atoms with van der Waals surface area (Å²) < 4.78 is 0. The van der Waals surface area contributed by atoms with E-state index in [-0.39, 0.29) is 17.9 Å². The van der Waals surface area contributed by atoms with Gasteiger partial charge < -0.3 is 10.2 Å². The SMILES string of the molecule is CCC(=O)N[C@H]1CCCN(C(=O)C[C@@H]2CCc3ccccc3C2)C1. The van der Waals surface area contributed by atoms with Gasteiger partial charge in [0, 0.05) is 32.0 Å². The maximum atomic E-state index is 12.7. The summed E-state index contributed by atoms with van der Waals surface area (Å²) in [5.74, 6) is 0.797. The zero-order chi connectivity index (χ0) is 16.9. The normalized spacial score (nSPS) is 23.5. The molecule has 1 saturated heterocycles. The van der Waals surface area contributed by atoms with Gasteiger partial charge in [0.2, 0.25) is 11.8 Å². The number of nitrogens with one attached hydrogen (secondary N) is 1. The van der Waals surface area contributed by atoms with Crippen LogP contribution in [0.5, 0.6) is 0 Å². The third kappa shape index (κ3) is 4.16. The Morgan fingerprint density at radius 1 is 1.21 bits per heavy atom. The van der Waals surface area contributed by atoms with E-state index in [4.69, 9.17) is 0 Å². The summed E-state index contributed by atoms with van der Waals surface area (Å²) in [6, 6.07) is 8.72. The van der Waals surface area contributed by atoms with E-state index in [1.807, 2.05) is 11.8 Å². The van der Waals surface area contributed by atoms with Crippen LogP contribution in [0.1, 0.15) is 50.2 Å². The summed E-state index contributed by atoms with van der Waals surface area (Å²) in [6.07, 6.45) is 6.32. The number of fused-ring (bicyclic) bond motifs is 1. The number of piperidine rings is 1. The summed E-state index contributed by atoms with van der Waals surface area (Å²) in [5.41, 5.74) is 2.86. The molecule has 0 aromatic heterocycles. The molecule has 0 radical (unpaired) electrons. The molecule has 4 heteroatoms. The summed E-state index contributed by atoms with van der Waals surface area (Å²) in [7, 11) is 0. The van der Waals surface area contributed by atoms with Gasteiger partial charge in [0.05, 0.1) is 0 Å². The van der Waals surface area contributed by atoms with Gasteiger partial charge in [-0.15, -0.1) is 0 Å². The molecule has 1 fully saturated rings. The summed E-state index contributed by atoms with van der Waals surface area (Å²) in [4.78, 5) is 26.2. The van der Waals surface area contributed by atoms with E-state index in [0.717, 1.165) is 38.6 Å². The van der Waals surface area contributed by atoms with Crippen molar-refractivity contribution in [2.45, 2.75) is 57.9 Å². The van der Waals surface area contributed by atoms with Gasteiger partial charge >= 0.3 is 0 Å². The molecule has 1 aromatic rings. The fraction of sp³-hybridized carbons (Fsp3) is 0.600. The van der Waals surface area contributed by atoms with Crippen LogP contribution in [0, 0.1) is 5.92 Å². The quantitative estimate of drug-likeness (QED) is 0.924. The third-order valence-corrected chi connectivity index (χ3v) is 5.37. The van der Waals surface area contributed by atoms with Crippen molar-refractivity contribution in [3.05, 3.63) is 35.4 Å². The average Bonchev–Trinajstić information content (AvgIpc) is 2.61. The smallest absolute Gasteiger partial charge is 0.222 e. The first-order valence-electron chi connectivity index (χ1n) is 9.29. The lowest BCUT2D eigenvalue weighted by atomic mass is 9.82. The highest BCUT2D eigenvalue weighted by Crippen LogP contribution is 2.28. The van der Waals surface area contributed by atoms with Gasteiger partial charge in [-0.3, -0.25) is 9.59 Å². The van der Waals surface area contributed by atoms with Crippen LogP contribution in [-0.2, 0) is 22.4 Å². The molecule has 1 aliphatic carbocycles. The number of carbonyl (C=O) groups is 2. The molecule has 0 spiro atoms. The first-order chi connectivity index (χ1) is 11.7. The van der Waals surface area contributed by atoms with Gasteiger partial charge in [-0.2, -0.15) is 0 Å². The fourth-order valence-electron chi connectivity index (χ4n) is 3.97. The summed E-state index contributed by atoms with van der Waals surface area (Å²) in [6.45, 7) is 3.37. The second kappa shape index (κ2) is 7.82. The molecule has 1 N–H and O–H groups in total. The lowest BCUT2D eigenvalue weighted by Gasteiger charge is -2.34. The van der Waals surface area contributed by atoms with Crippen molar-refractivity contribution in [2.24, 2.45) is 5.92 Å².